The lowest BCUT2D eigenvalue weighted by Crippen LogP contribution is -2.38. The second-order valence-electron chi connectivity index (χ2n) is 4.80. The van der Waals surface area contributed by atoms with Crippen LogP contribution >= 0.6 is 11.6 Å². The molecule has 0 atom stereocenters. The van der Waals surface area contributed by atoms with Crippen LogP contribution in [0.2, 0.25) is 5.02 Å². The molecule has 0 fully saturated rings. The molecule has 0 unspecified atom stereocenters. The van der Waals surface area contributed by atoms with E-state index in [1.165, 1.54) is 0 Å². The highest BCUT2D eigenvalue weighted by Crippen LogP contribution is 2.30. The molecule has 3 rings (SSSR count). The molecule has 1 aliphatic rings. The summed E-state index contributed by atoms with van der Waals surface area (Å²) in [6.45, 7) is 1.56. The van der Waals surface area contributed by atoms with Crippen molar-refractivity contribution in [3.63, 3.8) is 0 Å². The molecule has 2 aromatic rings. The van der Waals surface area contributed by atoms with E-state index in [-0.39, 0.29) is 12.5 Å². The first kappa shape index (κ1) is 13.8. The summed E-state index contributed by atoms with van der Waals surface area (Å²) in [5.41, 5.74) is 1.65. The number of ether oxygens (including phenoxy) is 1. The van der Waals surface area contributed by atoms with Crippen LogP contribution < -0.4 is 15.0 Å². The molecule has 0 spiro atoms. The molecule has 5 heteroatoms. The van der Waals surface area contributed by atoms with Crippen molar-refractivity contribution in [2.45, 2.75) is 0 Å². The summed E-state index contributed by atoms with van der Waals surface area (Å²) in [5.74, 6) is 0.744. The highest BCUT2D eigenvalue weighted by molar-refractivity contribution is 6.30. The van der Waals surface area contributed by atoms with Crippen LogP contribution in [-0.4, -0.2) is 25.6 Å². The van der Waals surface area contributed by atoms with E-state index in [1.54, 1.807) is 12.1 Å². The molecule has 0 aliphatic carbocycles. The van der Waals surface area contributed by atoms with E-state index in [0.29, 0.717) is 23.9 Å². The van der Waals surface area contributed by atoms with E-state index in [1.807, 2.05) is 41.3 Å². The summed E-state index contributed by atoms with van der Waals surface area (Å²) < 4.78 is 5.58. The maximum absolute atomic E-state index is 12.2. The Morgan fingerprint density at radius 3 is 2.95 bits per heavy atom. The van der Waals surface area contributed by atoms with Crippen molar-refractivity contribution in [2.24, 2.45) is 0 Å². The van der Waals surface area contributed by atoms with Gasteiger partial charge in [-0.3, -0.25) is 4.79 Å². The first-order valence-corrected chi connectivity index (χ1v) is 7.12. The third kappa shape index (κ3) is 3.28. The van der Waals surface area contributed by atoms with E-state index in [0.717, 1.165) is 11.4 Å². The summed E-state index contributed by atoms with van der Waals surface area (Å²) in [5, 5.41) is 3.46. The van der Waals surface area contributed by atoms with Crippen molar-refractivity contribution in [3.8, 4) is 5.75 Å². The molecule has 1 heterocycles. The summed E-state index contributed by atoms with van der Waals surface area (Å²) in [6.07, 6.45) is 0. The van der Waals surface area contributed by atoms with Gasteiger partial charge in [-0.15, -0.1) is 0 Å². The van der Waals surface area contributed by atoms with Crippen molar-refractivity contribution in [1.29, 1.82) is 0 Å². The highest BCUT2D eigenvalue weighted by atomic mass is 35.5. The van der Waals surface area contributed by atoms with E-state index < -0.39 is 0 Å². The molecule has 1 N–H and O–H groups in total. The van der Waals surface area contributed by atoms with E-state index >= 15 is 0 Å². The van der Waals surface area contributed by atoms with Crippen molar-refractivity contribution in [3.05, 3.63) is 53.6 Å². The number of benzene rings is 2. The molecule has 0 radical (unpaired) electrons. The first-order chi connectivity index (χ1) is 10.2. The summed E-state index contributed by atoms with van der Waals surface area (Å²) in [6, 6.07) is 14.9. The molecular weight excluding hydrogens is 288 g/mol. The number of nitrogens with zero attached hydrogens (tertiary/aromatic N) is 1. The number of fused-ring (bicyclic) bond motifs is 1. The summed E-state index contributed by atoms with van der Waals surface area (Å²) in [4.78, 5) is 14.2. The zero-order valence-electron chi connectivity index (χ0n) is 11.4. The maximum atomic E-state index is 12.2. The van der Waals surface area contributed by atoms with Gasteiger partial charge in [0.1, 0.15) is 12.4 Å². The van der Waals surface area contributed by atoms with Crippen molar-refractivity contribution < 1.29 is 9.53 Å². The zero-order valence-corrected chi connectivity index (χ0v) is 12.1. The molecule has 0 aromatic heterocycles. The van der Waals surface area contributed by atoms with Gasteiger partial charge < -0.3 is 15.0 Å². The Morgan fingerprint density at radius 1 is 1.24 bits per heavy atom. The van der Waals surface area contributed by atoms with Gasteiger partial charge in [-0.1, -0.05) is 29.8 Å². The van der Waals surface area contributed by atoms with Crippen LogP contribution in [0.25, 0.3) is 0 Å². The lowest BCUT2D eigenvalue weighted by molar-refractivity contribution is -0.115. The predicted octanol–water partition coefficient (Wildman–Crippen LogP) is 3.18. The molecule has 1 aliphatic heterocycles. The largest absolute Gasteiger partial charge is 0.490 e. The Bertz CT molecular complexity index is 660. The minimum absolute atomic E-state index is 0.0750. The predicted molar refractivity (Wildman–Crippen MR) is 84.2 cm³/mol. The Labute approximate surface area is 128 Å². The molecular formula is C16H15ClN2O2. The van der Waals surface area contributed by atoms with Gasteiger partial charge in [0, 0.05) is 10.7 Å². The van der Waals surface area contributed by atoms with Gasteiger partial charge in [0.15, 0.2) is 0 Å². The summed E-state index contributed by atoms with van der Waals surface area (Å²) >= 11 is 5.91. The summed E-state index contributed by atoms with van der Waals surface area (Å²) in [7, 11) is 0. The smallest absolute Gasteiger partial charge is 0.243 e. The Morgan fingerprint density at radius 2 is 2.10 bits per heavy atom. The van der Waals surface area contributed by atoms with Gasteiger partial charge in [-0.25, -0.2) is 0 Å². The van der Waals surface area contributed by atoms with Gasteiger partial charge in [0.2, 0.25) is 5.91 Å². The number of nitrogens with one attached hydrogen (secondary N) is 1. The van der Waals surface area contributed by atoms with Gasteiger partial charge >= 0.3 is 0 Å². The Balaban J connectivity index is 1.68. The van der Waals surface area contributed by atoms with E-state index in [4.69, 9.17) is 16.3 Å². The second-order valence-corrected chi connectivity index (χ2v) is 5.23. The lowest BCUT2D eigenvalue weighted by Gasteiger charge is -2.30. The quantitative estimate of drug-likeness (QED) is 0.947. The van der Waals surface area contributed by atoms with Crippen LogP contribution in [0.3, 0.4) is 0 Å². The third-order valence-electron chi connectivity index (χ3n) is 3.27. The number of hydrogen-bond acceptors (Lipinski definition) is 3. The number of halogens is 1. The van der Waals surface area contributed by atoms with E-state index in [9.17, 15) is 4.79 Å². The zero-order chi connectivity index (χ0) is 14.7. The monoisotopic (exact) mass is 302 g/mol. The second kappa shape index (κ2) is 6.06. The standard InChI is InChI=1S/C16H15ClN2O2/c17-12-4-3-5-13(10-12)18-16(20)11-19-8-9-21-15-7-2-1-6-14(15)19/h1-7,10H,8-9,11H2,(H,18,20). The number of rotatable bonds is 3. The van der Waals surface area contributed by atoms with Gasteiger partial charge in [-0.2, -0.15) is 0 Å². The van der Waals surface area contributed by atoms with Crippen LogP contribution in [0.1, 0.15) is 0 Å². The average molecular weight is 303 g/mol. The maximum Gasteiger partial charge on any atom is 0.243 e. The first-order valence-electron chi connectivity index (χ1n) is 6.74. The number of anilines is 2. The topological polar surface area (TPSA) is 41.6 Å². The normalized spacial score (nSPS) is 13.3. The number of carbonyl (C=O) groups excluding carboxylic acids is 1. The van der Waals surface area contributed by atoms with Crippen LogP contribution in [0.4, 0.5) is 11.4 Å². The SMILES string of the molecule is O=C(CN1CCOc2ccccc21)Nc1cccc(Cl)c1. The minimum atomic E-state index is -0.0750. The Hall–Kier alpha value is -2.20. The average Bonchev–Trinajstić information content (AvgIpc) is 2.47. The van der Waals surface area contributed by atoms with Gasteiger partial charge in [0.25, 0.3) is 0 Å². The highest BCUT2D eigenvalue weighted by Gasteiger charge is 2.19. The fraction of sp³-hybridized carbons (Fsp3) is 0.188. The van der Waals surface area contributed by atoms with Crippen LogP contribution in [0.15, 0.2) is 48.5 Å². The molecule has 4 nitrogen and oxygen atoms in total. The third-order valence-corrected chi connectivity index (χ3v) is 3.50. The molecule has 0 saturated carbocycles. The molecule has 2 aromatic carbocycles. The van der Waals surface area contributed by atoms with Crippen LogP contribution in [0.5, 0.6) is 5.75 Å². The van der Waals surface area contributed by atoms with Crippen LogP contribution in [-0.2, 0) is 4.79 Å². The Kier molecular flexibility index (Phi) is 3.97. The number of carbonyl (C=O) groups is 1. The number of para-hydroxylation sites is 2. The van der Waals surface area contributed by atoms with Gasteiger partial charge in [0.05, 0.1) is 18.8 Å². The lowest BCUT2D eigenvalue weighted by atomic mass is 10.2. The van der Waals surface area contributed by atoms with Crippen molar-refractivity contribution >= 4 is 28.9 Å². The van der Waals surface area contributed by atoms with E-state index in [2.05, 4.69) is 5.32 Å². The molecule has 21 heavy (non-hydrogen) atoms. The number of hydrogen-bond donors (Lipinski definition) is 1. The minimum Gasteiger partial charge on any atom is -0.490 e. The molecule has 108 valence electrons. The fourth-order valence-corrected chi connectivity index (χ4v) is 2.52. The van der Waals surface area contributed by atoms with Crippen molar-refractivity contribution in [2.75, 3.05) is 29.9 Å². The number of amides is 1. The van der Waals surface area contributed by atoms with Gasteiger partial charge in [-0.05, 0) is 30.3 Å². The molecule has 0 saturated heterocycles. The fourth-order valence-electron chi connectivity index (χ4n) is 2.33. The molecule has 1 amide bonds. The van der Waals surface area contributed by atoms with Crippen LogP contribution in [0, 0.1) is 0 Å². The van der Waals surface area contributed by atoms with Crippen molar-refractivity contribution in [1.82, 2.24) is 0 Å². The molecule has 0 bridgehead atoms.